The third-order valence-corrected chi connectivity index (χ3v) is 3.90. The van der Waals surface area contributed by atoms with E-state index in [2.05, 4.69) is 21.3 Å². The van der Waals surface area contributed by atoms with Crippen LogP contribution >= 0.6 is 11.6 Å². The number of halogens is 1. The summed E-state index contributed by atoms with van der Waals surface area (Å²) in [5, 5.41) is 4.17. The van der Waals surface area contributed by atoms with Gasteiger partial charge in [0.05, 0.1) is 11.9 Å². The lowest BCUT2D eigenvalue weighted by atomic mass is 9.94. The number of hydrogen-bond acceptors (Lipinski definition) is 3. The second-order valence-electron chi connectivity index (χ2n) is 4.71. The fourth-order valence-electron chi connectivity index (χ4n) is 2.81. The van der Waals surface area contributed by atoms with E-state index >= 15 is 0 Å². The zero-order valence-corrected chi connectivity index (χ0v) is 9.95. The maximum atomic E-state index is 5.80. The molecule has 0 amide bonds. The molecule has 1 aromatic rings. The molecule has 4 heteroatoms. The topological polar surface area (TPSA) is 28.2 Å². The number of pyridine rings is 1. The van der Waals surface area contributed by atoms with Crippen LogP contribution in [0.25, 0.3) is 0 Å². The third kappa shape index (κ3) is 1.89. The summed E-state index contributed by atoms with van der Waals surface area (Å²) in [6.45, 7) is 3.43. The number of fused-ring (bicyclic) bond motifs is 1. The van der Waals surface area contributed by atoms with Crippen LogP contribution in [0.15, 0.2) is 18.3 Å². The highest BCUT2D eigenvalue weighted by Crippen LogP contribution is 2.28. The van der Waals surface area contributed by atoms with Crippen molar-refractivity contribution in [2.45, 2.75) is 18.9 Å². The molecule has 2 unspecified atom stereocenters. The zero-order chi connectivity index (χ0) is 11.0. The Morgan fingerprint density at radius 1 is 1.38 bits per heavy atom. The fourth-order valence-corrected chi connectivity index (χ4v) is 2.92. The lowest BCUT2D eigenvalue weighted by molar-refractivity contribution is 0.340. The second kappa shape index (κ2) is 4.22. The number of hydrogen-bond donors (Lipinski definition) is 1. The summed E-state index contributed by atoms with van der Waals surface area (Å²) >= 11 is 5.80. The van der Waals surface area contributed by atoms with Gasteiger partial charge in [0.25, 0.3) is 0 Å². The van der Waals surface area contributed by atoms with Crippen LogP contribution in [0.4, 0.5) is 5.69 Å². The van der Waals surface area contributed by atoms with Gasteiger partial charge in [0.1, 0.15) is 5.15 Å². The van der Waals surface area contributed by atoms with E-state index in [4.69, 9.17) is 11.6 Å². The molecule has 0 aromatic carbocycles. The van der Waals surface area contributed by atoms with Crippen molar-refractivity contribution in [3.63, 3.8) is 0 Å². The summed E-state index contributed by atoms with van der Waals surface area (Å²) in [5.41, 5.74) is 1.20. The molecule has 86 valence electrons. The number of aromatic nitrogens is 1. The molecule has 2 aliphatic heterocycles. The second-order valence-corrected chi connectivity index (χ2v) is 5.09. The van der Waals surface area contributed by atoms with E-state index in [1.165, 1.54) is 25.1 Å². The SMILES string of the molecule is Clc1ccc(N2CC3CCCNC3C2)cn1. The predicted octanol–water partition coefficient (Wildman–Crippen LogP) is 1.92. The Bertz CT molecular complexity index is 351. The first kappa shape index (κ1) is 10.4. The minimum atomic E-state index is 0.568. The summed E-state index contributed by atoms with van der Waals surface area (Å²) in [4.78, 5) is 6.56. The number of nitrogens with one attached hydrogen (secondary N) is 1. The van der Waals surface area contributed by atoms with Crippen LogP contribution in [0.2, 0.25) is 5.15 Å². The molecule has 1 N–H and O–H groups in total. The van der Waals surface area contributed by atoms with Crippen LogP contribution in [0, 0.1) is 5.92 Å². The van der Waals surface area contributed by atoms with Crippen LogP contribution in [0.1, 0.15) is 12.8 Å². The van der Waals surface area contributed by atoms with Crippen LogP contribution < -0.4 is 10.2 Å². The van der Waals surface area contributed by atoms with Crippen molar-refractivity contribution in [2.75, 3.05) is 24.5 Å². The Morgan fingerprint density at radius 2 is 2.31 bits per heavy atom. The predicted molar refractivity (Wildman–Crippen MR) is 66.0 cm³/mol. The average molecular weight is 238 g/mol. The van der Waals surface area contributed by atoms with Crippen LogP contribution in [-0.4, -0.2) is 30.7 Å². The number of nitrogens with zero attached hydrogens (tertiary/aromatic N) is 2. The van der Waals surface area contributed by atoms with E-state index in [-0.39, 0.29) is 0 Å². The lowest BCUT2D eigenvalue weighted by Gasteiger charge is -2.24. The Labute approximate surface area is 101 Å². The molecule has 2 atom stereocenters. The molecule has 0 saturated carbocycles. The number of rotatable bonds is 1. The summed E-state index contributed by atoms with van der Waals surface area (Å²) in [6, 6.07) is 4.60. The molecule has 3 rings (SSSR count). The maximum absolute atomic E-state index is 5.80. The first-order valence-corrected chi connectivity index (χ1v) is 6.30. The number of piperidine rings is 1. The van der Waals surface area contributed by atoms with Crippen molar-refractivity contribution >= 4 is 17.3 Å². The van der Waals surface area contributed by atoms with Crippen molar-refractivity contribution < 1.29 is 0 Å². The highest BCUT2D eigenvalue weighted by atomic mass is 35.5. The van der Waals surface area contributed by atoms with E-state index in [1.807, 2.05) is 12.3 Å². The molecule has 0 bridgehead atoms. The van der Waals surface area contributed by atoms with Gasteiger partial charge in [0.2, 0.25) is 0 Å². The number of anilines is 1. The fraction of sp³-hybridized carbons (Fsp3) is 0.583. The Balaban J connectivity index is 1.75. The summed E-state index contributed by atoms with van der Waals surface area (Å²) in [6.07, 6.45) is 4.54. The van der Waals surface area contributed by atoms with E-state index in [0.717, 1.165) is 19.0 Å². The molecule has 2 fully saturated rings. The minimum Gasteiger partial charge on any atom is -0.368 e. The average Bonchev–Trinajstić information content (AvgIpc) is 2.73. The molecule has 16 heavy (non-hydrogen) atoms. The van der Waals surface area contributed by atoms with Gasteiger partial charge in [-0.25, -0.2) is 4.98 Å². The quantitative estimate of drug-likeness (QED) is 0.757. The lowest BCUT2D eigenvalue weighted by Crippen LogP contribution is -2.40. The van der Waals surface area contributed by atoms with Gasteiger partial charge in [0, 0.05) is 19.1 Å². The summed E-state index contributed by atoms with van der Waals surface area (Å²) in [7, 11) is 0. The molecule has 2 aliphatic rings. The van der Waals surface area contributed by atoms with Crippen LogP contribution in [0.5, 0.6) is 0 Å². The maximum Gasteiger partial charge on any atom is 0.129 e. The van der Waals surface area contributed by atoms with E-state index in [1.54, 1.807) is 0 Å². The molecule has 0 spiro atoms. The van der Waals surface area contributed by atoms with Gasteiger partial charge in [0.15, 0.2) is 0 Å². The minimum absolute atomic E-state index is 0.568. The van der Waals surface area contributed by atoms with Gasteiger partial charge in [-0.1, -0.05) is 11.6 Å². The van der Waals surface area contributed by atoms with Gasteiger partial charge in [-0.15, -0.1) is 0 Å². The molecular formula is C12H16ClN3. The van der Waals surface area contributed by atoms with Crippen LogP contribution in [-0.2, 0) is 0 Å². The van der Waals surface area contributed by atoms with Gasteiger partial charge in [-0.2, -0.15) is 0 Å². The monoisotopic (exact) mass is 237 g/mol. The van der Waals surface area contributed by atoms with E-state index in [0.29, 0.717) is 11.2 Å². The summed E-state index contributed by atoms with van der Waals surface area (Å²) < 4.78 is 0. The van der Waals surface area contributed by atoms with Crippen LogP contribution in [0.3, 0.4) is 0 Å². The van der Waals surface area contributed by atoms with Crippen molar-refractivity contribution in [2.24, 2.45) is 5.92 Å². The molecule has 2 saturated heterocycles. The molecule has 3 nitrogen and oxygen atoms in total. The smallest absolute Gasteiger partial charge is 0.129 e. The Hall–Kier alpha value is -0.800. The van der Waals surface area contributed by atoms with Gasteiger partial charge in [-0.05, 0) is 37.4 Å². The Kier molecular flexibility index (Phi) is 2.74. The molecular weight excluding hydrogens is 222 g/mol. The van der Waals surface area contributed by atoms with E-state index < -0.39 is 0 Å². The standard InChI is InChI=1S/C12H16ClN3/c13-12-4-3-10(6-15-12)16-7-9-2-1-5-14-11(9)8-16/h3-4,6,9,11,14H,1-2,5,7-8H2. The summed E-state index contributed by atoms with van der Waals surface area (Å²) in [5.74, 6) is 0.810. The Morgan fingerprint density at radius 3 is 3.06 bits per heavy atom. The molecule has 3 heterocycles. The first-order valence-electron chi connectivity index (χ1n) is 5.93. The van der Waals surface area contributed by atoms with Crippen molar-refractivity contribution in [3.05, 3.63) is 23.5 Å². The normalized spacial score (nSPS) is 29.2. The molecule has 1 aromatic heterocycles. The van der Waals surface area contributed by atoms with Crippen molar-refractivity contribution in [1.29, 1.82) is 0 Å². The van der Waals surface area contributed by atoms with Gasteiger partial charge in [-0.3, -0.25) is 0 Å². The largest absolute Gasteiger partial charge is 0.368 e. The highest BCUT2D eigenvalue weighted by molar-refractivity contribution is 6.29. The zero-order valence-electron chi connectivity index (χ0n) is 9.19. The highest BCUT2D eigenvalue weighted by Gasteiger charge is 2.34. The molecule has 0 aliphatic carbocycles. The van der Waals surface area contributed by atoms with Crippen molar-refractivity contribution in [3.8, 4) is 0 Å². The van der Waals surface area contributed by atoms with Crippen molar-refractivity contribution in [1.82, 2.24) is 10.3 Å². The van der Waals surface area contributed by atoms with Gasteiger partial charge >= 0.3 is 0 Å². The third-order valence-electron chi connectivity index (χ3n) is 3.68. The molecule has 0 radical (unpaired) electrons. The van der Waals surface area contributed by atoms with Gasteiger partial charge < -0.3 is 10.2 Å². The first-order chi connectivity index (χ1) is 7.83. The van der Waals surface area contributed by atoms with E-state index in [9.17, 15) is 0 Å².